The van der Waals surface area contributed by atoms with Crippen molar-refractivity contribution in [2.45, 2.75) is 38.8 Å². The summed E-state index contributed by atoms with van der Waals surface area (Å²) < 4.78 is 49.1. The minimum Gasteiger partial charge on any atom is -0.494 e. The zero-order chi connectivity index (χ0) is 15.6. The van der Waals surface area contributed by atoms with E-state index in [-0.39, 0.29) is 30.6 Å². The Morgan fingerprint density at radius 2 is 2.10 bits per heavy atom. The van der Waals surface area contributed by atoms with E-state index >= 15 is 0 Å². The summed E-state index contributed by atoms with van der Waals surface area (Å²) in [4.78, 5) is 11.6. The van der Waals surface area contributed by atoms with Crippen LogP contribution in [0.2, 0.25) is 0 Å². The molecule has 1 amide bonds. The van der Waals surface area contributed by atoms with Crippen LogP contribution in [-0.4, -0.2) is 24.7 Å². The predicted octanol–water partition coefficient (Wildman–Crippen LogP) is 2.51. The van der Waals surface area contributed by atoms with E-state index in [1.165, 1.54) is 12.1 Å². The van der Waals surface area contributed by atoms with Crippen molar-refractivity contribution < 1.29 is 27.4 Å². The fraction of sp³-hybridized carbons (Fsp3) is 0.500. The molecule has 1 aromatic carbocycles. The highest BCUT2D eigenvalue weighted by atomic mass is 19.4. The third-order valence-corrected chi connectivity index (χ3v) is 3.12. The monoisotopic (exact) mass is 303 g/mol. The summed E-state index contributed by atoms with van der Waals surface area (Å²) in [6, 6.07) is 3.71. The molecule has 1 aliphatic rings. The number of carbonyl (C=O) groups excluding carboxylic acids is 1. The second-order valence-corrected chi connectivity index (χ2v) is 4.73. The Balaban J connectivity index is 2.12. The molecule has 7 heteroatoms. The van der Waals surface area contributed by atoms with E-state index in [2.05, 4.69) is 5.32 Å². The molecule has 0 bridgehead atoms. The van der Waals surface area contributed by atoms with Gasteiger partial charge in [-0.2, -0.15) is 13.2 Å². The lowest BCUT2D eigenvalue weighted by molar-refractivity contribution is -0.138. The standard InChI is InChI=1S/C14H16F3NO3/c1-3-20-10-5-4-9(11(6-10)14(15,16)17)7-18-13(19)12-8(2)21-12/h4-6,8,12H,3,7H2,1-2H3,(H,18,19)/t8-,12+/m0/s1. The molecular formula is C14H16F3NO3. The lowest BCUT2D eigenvalue weighted by Crippen LogP contribution is -2.29. The lowest BCUT2D eigenvalue weighted by Gasteiger charge is -2.15. The quantitative estimate of drug-likeness (QED) is 0.850. The van der Waals surface area contributed by atoms with Crippen LogP contribution in [0, 0.1) is 0 Å². The molecule has 2 atom stereocenters. The van der Waals surface area contributed by atoms with Crippen LogP contribution in [0.3, 0.4) is 0 Å². The maximum Gasteiger partial charge on any atom is 0.416 e. The summed E-state index contributed by atoms with van der Waals surface area (Å²) in [5.74, 6) is -0.247. The normalized spacial score (nSPS) is 21.0. The second-order valence-electron chi connectivity index (χ2n) is 4.73. The number of ether oxygens (including phenoxy) is 2. The molecule has 21 heavy (non-hydrogen) atoms. The van der Waals surface area contributed by atoms with Crippen LogP contribution in [0.1, 0.15) is 25.0 Å². The summed E-state index contributed by atoms with van der Waals surface area (Å²) in [5, 5.41) is 2.45. The summed E-state index contributed by atoms with van der Waals surface area (Å²) in [6.45, 7) is 3.50. The van der Waals surface area contributed by atoms with E-state index in [1.54, 1.807) is 13.8 Å². The van der Waals surface area contributed by atoms with Gasteiger partial charge in [0, 0.05) is 6.54 Å². The molecule has 0 unspecified atom stereocenters. The molecule has 0 spiro atoms. The molecule has 1 aromatic rings. The number of alkyl halides is 3. The van der Waals surface area contributed by atoms with Gasteiger partial charge in [-0.05, 0) is 31.5 Å². The van der Waals surface area contributed by atoms with Crippen LogP contribution in [0.25, 0.3) is 0 Å². The maximum absolute atomic E-state index is 13.0. The van der Waals surface area contributed by atoms with Crippen LogP contribution in [-0.2, 0) is 22.3 Å². The Labute approximate surface area is 120 Å². The number of epoxide rings is 1. The van der Waals surface area contributed by atoms with Crippen molar-refractivity contribution >= 4 is 5.91 Å². The maximum atomic E-state index is 13.0. The zero-order valence-electron chi connectivity index (χ0n) is 11.7. The summed E-state index contributed by atoms with van der Waals surface area (Å²) in [5.41, 5.74) is -0.814. The molecule has 0 aliphatic carbocycles. The fourth-order valence-electron chi connectivity index (χ4n) is 1.97. The van der Waals surface area contributed by atoms with Gasteiger partial charge in [-0.3, -0.25) is 4.79 Å². The van der Waals surface area contributed by atoms with Crippen LogP contribution in [0.4, 0.5) is 13.2 Å². The highest BCUT2D eigenvalue weighted by molar-refractivity contribution is 5.83. The van der Waals surface area contributed by atoms with E-state index in [0.29, 0.717) is 0 Å². The van der Waals surface area contributed by atoms with Crippen LogP contribution >= 0.6 is 0 Å². The van der Waals surface area contributed by atoms with E-state index in [0.717, 1.165) is 6.07 Å². The van der Waals surface area contributed by atoms with Crippen molar-refractivity contribution in [2.24, 2.45) is 0 Å². The first-order valence-electron chi connectivity index (χ1n) is 6.59. The molecule has 4 nitrogen and oxygen atoms in total. The summed E-state index contributed by atoms with van der Waals surface area (Å²) in [7, 11) is 0. The summed E-state index contributed by atoms with van der Waals surface area (Å²) >= 11 is 0. The highest BCUT2D eigenvalue weighted by Gasteiger charge is 2.41. The average molecular weight is 303 g/mol. The van der Waals surface area contributed by atoms with Gasteiger partial charge in [-0.25, -0.2) is 0 Å². The zero-order valence-corrected chi connectivity index (χ0v) is 11.7. The number of halogens is 3. The molecule has 1 heterocycles. The fourth-order valence-corrected chi connectivity index (χ4v) is 1.97. The van der Waals surface area contributed by atoms with E-state index < -0.39 is 23.8 Å². The Hall–Kier alpha value is -1.76. The van der Waals surface area contributed by atoms with Gasteiger partial charge in [0.1, 0.15) is 5.75 Å². The SMILES string of the molecule is CCOc1ccc(CNC(=O)[C@@H]2O[C@H]2C)c(C(F)(F)F)c1. The average Bonchev–Trinajstić information content (AvgIpc) is 3.13. The van der Waals surface area contributed by atoms with Crippen molar-refractivity contribution in [2.75, 3.05) is 6.61 Å². The number of rotatable bonds is 5. The molecule has 0 aromatic heterocycles. The molecule has 0 saturated carbocycles. The number of carbonyl (C=O) groups is 1. The molecular weight excluding hydrogens is 287 g/mol. The first-order valence-corrected chi connectivity index (χ1v) is 6.59. The molecule has 1 N–H and O–H groups in total. The lowest BCUT2D eigenvalue weighted by atomic mass is 10.1. The van der Waals surface area contributed by atoms with Crippen molar-refractivity contribution in [3.05, 3.63) is 29.3 Å². The number of amides is 1. The van der Waals surface area contributed by atoms with Crippen LogP contribution < -0.4 is 10.1 Å². The number of hydrogen-bond donors (Lipinski definition) is 1. The Kier molecular flexibility index (Phi) is 4.41. The molecule has 2 rings (SSSR count). The smallest absolute Gasteiger partial charge is 0.416 e. The molecule has 116 valence electrons. The van der Waals surface area contributed by atoms with Gasteiger partial charge in [0.25, 0.3) is 5.91 Å². The molecule has 1 aliphatic heterocycles. The van der Waals surface area contributed by atoms with E-state index in [1.807, 2.05) is 0 Å². The second kappa shape index (κ2) is 5.93. The predicted molar refractivity (Wildman–Crippen MR) is 68.8 cm³/mol. The van der Waals surface area contributed by atoms with Gasteiger partial charge >= 0.3 is 6.18 Å². The van der Waals surface area contributed by atoms with Crippen LogP contribution in [0.15, 0.2) is 18.2 Å². The van der Waals surface area contributed by atoms with Gasteiger partial charge in [-0.1, -0.05) is 6.07 Å². The topological polar surface area (TPSA) is 50.9 Å². The third-order valence-electron chi connectivity index (χ3n) is 3.12. The number of nitrogens with one attached hydrogen (secondary N) is 1. The third kappa shape index (κ3) is 3.87. The molecule has 1 saturated heterocycles. The Morgan fingerprint density at radius 3 is 2.62 bits per heavy atom. The van der Waals surface area contributed by atoms with Gasteiger partial charge in [-0.15, -0.1) is 0 Å². The molecule has 1 fully saturated rings. The van der Waals surface area contributed by atoms with Crippen molar-refractivity contribution in [3.8, 4) is 5.75 Å². The minimum atomic E-state index is -4.50. The Bertz CT molecular complexity index is 531. The van der Waals surface area contributed by atoms with Gasteiger partial charge in [0.2, 0.25) is 0 Å². The van der Waals surface area contributed by atoms with Crippen molar-refractivity contribution in [1.29, 1.82) is 0 Å². The van der Waals surface area contributed by atoms with Crippen molar-refractivity contribution in [3.63, 3.8) is 0 Å². The highest BCUT2D eigenvalue weighted by Crippen LogP contribution is 2.34. The van der Waals surface area contributed by atoms with Crippen molar-refractivity contribution in [1.82, 2.24) is 5.32 Å². The minimum absolute atomic E-state index is 0.00685. The van der Waals surface area contributed by atoms with Gasteiger partial charge in [0.15, 0.2) is 6.10 Å². The summed E-state index contributed by atoms with van der Waals surface area (Å²) in [6.07, 6.45) is -5.23. The van der Waals surface area contributed by atoms with Crippen LogP contribution in [0.5, 0.6) is 5.75 Å². The van der Waals surface area contributed by atoms with E-state index in [9.17, 15) is 18.0 Å². The first kappa shape index (κ1) is 15.6. The number of benzene rings is 1. The van der Waals surface area contributed by atoms with Gasteiger partial charge < -0.3 is 14.8 Å². The number of hydrogen-bond acceptors (Lipinski definition) is 3. The first-order chi connectivity index (χ1) is 9.82. The molecule has 0 radical (unpaired) electrons. The Morgan fingerprint density at radius 1 is 1.43 bits per heavy atom. The van der Waals surface area contributed by atoms with Gasteiger partial charge in [0.05, 0.1) is 18.3 Å². The largest absolute Gasteiger partial charge is 0.494 e. The van der Waals surface area contributed by atoms with E-state index in [4.69, 9.17) is 9.47 Å².